The van der Waals surface area contributed by atoms with E-state index in [4.69, 9.17) is 0 Å². The van der Waals surface area contributed by atoms with Crippen LogP contribution in [0.15, 0.2) is 68.8 Å². The predicted octanol–water partition coefficient (Wildman–Crippen LogP) is 3.25. The molecule has 0 spiro atoms. The molecule has 0 aliphatic carbocycles. The number of nitriles is 1. The molecule has 6 nitrogen and oxygen atoms in total. The fourth-order valence-electron chi connectivity index (χ4n) is 2.69. The third-order valence-electron chi connectivity index (χ3n) is 4.37. The molecule has 9 heteroatoms. The van der Waals surface area contributed by atoms with Gasteiger partial charge in [-0.3, -0.25) is 0 Å². The van der Waals surface area contributed by atoms with Crippen LogP contribution in [0.3, 0.4) is 0 Å². The summed E-state index contributed by atoms with van der Waals surface area (Å²) in [5.41, 5.74) is 1.79. The van der Waals surface area contributed by atoms with Crippen LogP contribution in [0.1, 0.15) is 17.5 Å². The van der Waals surface area contributed by atoms with Gasteiger partial charge in [0.2, 0.25) is 23.9 Å². The molecular formula is C19H18N2O4S3. The highest BCUT2D eigenvalue weighted by Crippen LogP contribution is 2.44. The maximum atomic E-state index is 13.2. The zero-order valence-electron chi connectivity index (χ0n) is 15.2. The van der Waals surface area contributed by atoms with Gasteiger partial charge in [0.1, 0.15) is 5.03 Å². The van der Waals surface area contributed by atoms with Gasteiger partial charge in [-0.1, -0.05) is 47.2 Å². The second-order valence-electron chi connectivity index (χ2n) is 6.45. The van der Waals surface area contributed by atoms with Crippen molar-refractivity contribution in [1.29, 1.82) is 5.26 Å². The molecule has 3 rings (SSSR count). The van der Waals surface area contributed by atoms with Crippen LogP contribution < -0.4 is 5.32 Å². The van der Waals surface area contributed by atoms with Crippen molar-refractivity contribution in [2.75, 3.05) is 0 Å². The molecular weight excluding hydrogens is 416 g/mol. The fraction of sp³-hybridized carbons (Fsp3) is 0.211. The Labute approximate surface area is 169 Å². The highest BCUT2D eigenvalue weighted by Gasteiger charge is 2.50. The third-order valence-corrected chi connectivity index (χ3v) is 10.1. The lowest BCUT2D eigenvalue weighted by molar-refractivity contribution is 0.555. The molecule has 0 saturated heterocycles. The van der Waals surface area contributed by atoms with Crippen molar-refractivity contribution >= 4 is 31.4 Å². The molecule has 146 valence electrons. The largest absolute Gasteiger partial charge is 0.347 e. The van der Waals surface area contributed by atoms with E-state index in [1.807, 2.05) is 19.9 Å². The van der Waals surface area contributed by atoms with Crippen molar-refractivity contribution < 1.29 is 16.8 Å². The number of sulfone groups is 2. The molecule has 0 fully saturated rings. The van der Waals surface area contributed by atoms with Crippen LogP contribution in [0.25, 0.3) is 0 Å². The van der Waals surface area contributed by atoms with Crippen LogP contribution in [-0.2, 0) is 19.7 Å². The Morgan fingerprint density at radius 3 is 1.93 bits per heavy atom. The fourth-order valence-corrected chi connectivity index (χ4v) is 7.52. The highest BCUT2D eigenvalue weighted by atomic mass is 32.3. The van der Waals surface area contributed by atoms with Gasteiger partial charge >= 0.3 is 0 Å². The summed E-state index contributed by atoms with van der Waals surface area (Å²) < 4.78 is 50.5. The summed E-state index contributed by atoms with van der Waals surface area (Å²) in [6.07, 6.45) is -0.419. The lowest BCUT2D eigenvalue weighted by Gasteiger charge is -2.27. The number of rotatable bonds is 5. The van der Waals surface area contributed by atoms with Crippen molar-refractivity contribution in [3.05, 3.63) is 70.1 Å². The Balaban J connectivity index is 2.01. The number of benzene rings is 2. The molecule has 0 bridgehead atoms. The van der Waals surface area contributed by atoms with Gasteiger partial charge in [-0.25, -0.2) is 16.8 Å². The number of hydrogen-bond donors (Lipinski definition) is 1. The quantitative estimate of drug-likeness (QED) is 0.770. The number of nitrogens with one attached hydrogen (secondary N) is 1. The van der Waals surface area contributed by atoms with Gasteiger partial charge in [-0.2, -0.15) is 5.26 Å². The minimum Gasteiger partial charge on any atom is -0.347 e. The zero-order valence-corrected chi connectivity index (χ0v) is 17.7. The SMILES string of the molecule is Cc1ccc(S(=O)(=O)C2=CSC(CC#N)(S(=O)(=O)c3ccc(C)cc3)N2)cc1. The van der Waals surface area contributed by atoms with Gasteiger partial charge in [0.25, 0.3) is 0 Å². The lowest BCUT2D eigenvalue weighted by Crippen LogP contribution is -2.46. The maximum absolute atomic E-state index is 13.2. The minimum absolute atomic E-state index is 0.0238. The standard InChI is InChI=1S/C19H18N2O4S3/c1-14-3-7-16(8-4-14)27(22,23)18-13-26-19(21-18,11-12-20)28(24,25)17-9-5-15(2)6-10-17/h3-10,13,21H,11H2,1-2H3. The summed E-state index contributed by atoms with van der Waals surface area (Å²) in [6.45, 7) is 3.67. The van der Waals surface area contributed by atoms with Crippen LogP contribution in [0.2, 0.25) is 0 Å². The number of thioether (sulfide) groups is 1. The molecule has 28 heavy (non-hydrogen) atoms. The van der Waals surface area contributed by atoms with Gasteiger partial charge in [-0.15, -0.1) is 0 Å². The summed E-state index contributed by atoms with van der Waals surface area (Å²) in [4.78, 5) is 0.0775. The first-order valence-electron chi connectivity index (χ1n) is 8.29. The Morgan fingerprint density at radius 1 is 0.929 bits per heavy atom. The molecule has 0 aromatic heterocycles. The molecule has 2 aromatic carbocycles. The van der Waals surface area contributed by atoms with Crippen molar-refractivity contribution in [3.8, 4) is 6.07 Å². The van der Waals surface area contributed by atoms with Crippen LogP contribution in [-0.4, -0.2) is 21.0 Å². The van der Waals surface area contributed by atoms with Crippen molar-refractivity contribution in [1.82, 2.24) is 5.32 Å². The first-order valence-corrected chi connectivity index (χ1v) is 12.1. The van der Waals surface area contributed by atoms with Crippen LogP contribution >= 0.6 is 11.8 Å². The first-order chi connectivity index (χ1) is 13.1. The number of nitrogens with zero attached hydrogens (tertiary/aromatic N) is 1. The van der Waals surface area contributed by atoms with E-state index >= 15 is 0 Å². The van der Waals surface area contributed by atoms with Crippen LogP contribution in [0, 0.1) is 25.2 Å². The monoisotopic (exact) mass is 434 g/mol. The second kappa shape index (κ2) is 7.28. The zero-order chi connectivity index (χ0) is 20.6. The predicted molar refractivity (Wildman–Crippen MR) is 109 cm³/mol. The van der Waals surface area contributed by atoms with Gasteiger partial charge in [0.15, 0.2) is 0 Å². The van der Waals surface area contributed by atoms with Crippen molar-refractivity contribution in [2.24, 2.45) is 0 Å². The minimum atomic E-state index is -4.05. The molecule has 1 atom stereocenters. The summed E-state index contributed by atoms with van der Waals surface area (Å²) in [7, 11) is -7.99. The Kier molecular flexibility index (Phi) is 5.32. The van der Waals surface area contributed by atoms with Gasteiger partial charge in [-0.05, 0) is 38.1 Å². The molecule has 0 radical (unpaired) electrons. The molecule has 0 amide bonds. The summed E-state index contributed by atoms with van der Waals surface area (Å²) >= 11 is 0.790. The van der Waals surface area contributed by atoms with Crippen molar-refractivity contribution in [3.63, 3.8) is 0 Å². The van der Waals surface area contributed by atoms with Gasteiger partial charge in [0, 0.05) is 5.41 Å². The summed E-state index contributed by atoms with van der Waals surface area (Å²) in [6, 6.07) is 14.4. The first kappa shape index (κ1) is 20.5. The molecule has 0 saturated carbocycles. The average Bonchev–Trinajstić information content (AvgIpc) is 3.10. The lowest BCUT2D eigenvalue weighted by atomic mass is 10.2. The van der Waals surface area contributed by atoms with Crippen LogP contribution in [0.5, 0.6) is 0 Å². The molecule has 1 aliphatic rings. The van der Waals surface area contributed by atoms with E-state index in [0.717, 1.165) is 22.9 Å². The number of hydrogen-bond acceptors (Lipinski definition) is 7. The van der Waals surface area contributed by atoms with E-state index in [1.54, 1.807) is 24.3 Å². The topological polar surface area (TPSA) is 104 Å². The Bertz CT molecular complexity index is 1180. The van der Waals surface area contributed by atoms with E-state index in [-0.39, 0.29) is 14.8 Å². The Hall–Kier alpha value is -2.28. The normalized spacial score (nSPS) is 19.5. The van der Waals surface area contributed by atoms with E-state index in [1.165, 1.54) is 29.7 Å². The van der Waals surface area contributed by atoms with E-state index in [9.17, 15) is 22.1 Å². The molecule has 1 heterocycles. The van der Waals surface area contributed by atoms with E-state index in [0.29, 0.717) is 0 Å². The maximum Gasteiger partial charge on any atom is 0.222 e. The smallest absolute Gasteiger partial charge is 0.222 e. The summed E-state index contributed by atoms with van der Waals surface area (Å²) in [5.74, 6) is 0. The van der Waals surface area contributed by atoms with E-state index < -0.39 is 30.3 Å². The van der Waals surface area contributed by atoms with Gasteiger partial charge < -0.3 is 5.32 Å². The molecule has 2 aromatic rings. The highest BCUT2D eigenvalue weighted by molar-refractivity contribution is 8.17. The van der Waals surface area contributed by atoms with Gasteiger partial charge in [0.05, 0.1) is 22.3 Å². The molecule has 1 N–H and O–H groups in total. The average molecular weight is 435 g/mol. The Morgan fingerprint density at radius 2 is 1.43 bits per heavy atom. The third kappa shape index (κ3) is 3.43. The molecule has 1 aliphatic heterocycles. The summed E-state index contributed by atoms with van der Waals surface area (Å²) in [5, 5.41) is 12.9. The van der Waals surface area contributed by atoms with Crippen LogP contribution in [0.4, 0.5) is 0 Å². The van der Waals surface area contributed by atoms with Crippen molar-refractivity contribution in [2.45, 2.75) is 34.3 Å². The van der Waals surface area contributed by atoms with E-state index in [2.05, 4.69) is 5.32 Å². The number of aryl methyl sites for hydroxylation is 2. The second-order valence-corrected chi connectivity index (χ2v) is 12.0. The molecule has 1 unspecified atom stereocenters.